The third-order valence-electron chi connectivity index (χ3n) is 2.69. The van der Waals surface area contributed by atoms with E-state index in [1.807, 2.05) is 19.1 Å². The topological polar surface area (TPSA) is 55.1 Å². The summed E-state index contributed by atoms with van der Waals surface area (Å²) in [6.07, 6.45) is 0. The predicted molar refractivity (Wildman–Crippen MR) is 85.3 cm³/mol. The number of nitrogen functional groups attached to an aromatic ring is 1. The number of benzene rings is 2. The van der Waals surface area contributed by atoms with Gasteiger partial charge in [0.15, 0.2) is 0 Å². The Bertz CT molecular complexity index is 666. The van der Waals surface area contributed by atoms with Crippen LogP contribution in [-0.4, -0.2) is 5.91 Å². The van der Waals surface area contributed by atoms with Crippen LogP contribution in [0.2, 0.25) is 0 Å². The zero-order chi connectivity index (χ0) is 14.9. The number of halogens is 3. The SMILES string of the molecule is Cc1cc(Br)c(NC(=O)c2ccc(N)c(F)c2)c(Br)c1. The molecule has 2 rings (SSSR count). The maximum atomic E-state index is 13.4. The second-order valence-corrected chi connectivity index (χ2v) is 6.00. The molecule has 6 heteroatoms. The minimum absolute atomic E-state index is 0.0132. The Kier molecular flexibility index (Phi) is 4.45. The molecule has 0 aliphatic rings. The molecule has 0 radical (unpaired) electrons. The molecule has 0 spiro atoms. The molecular weight excluding hydrogens is 391 g/mol. The summed E-state index contributed by atoms with van der Waals surface area (Å²) in [5, 5.41) is 2.73. The second-order valence-electron chi connectivity index (χ2n) is 4.29. The summed E-state index contributed by atoms with van der Waals surface area (Å²) in [6, 6.07) is 7.71. The normalized spacial score (nSPS) is 10.4. The number of hydrogen-bond acceptors (Lipinski definition) is 2. The number of anilines is 2. The second kappa shape index (κ2) is 5.93. The molecule has 20 heavy (non-hydrogen) atoms. The fourth-order valence-corrected chi connectivity index (χ4v) is 3.29. The first-order chi connectivity index (χ1) is 9.38. The Morgan fingerprint density at radius 3 is 2.35 bits per heavy atom. The Hall–Kier alpha value is -1.40. The predicted octanol–water partition coefficient (Wildman–Crippen LogP) is 4.49. The van der Waals surface area contributed by atoms with Gasteiger partial charge in [-0.1, -0.05) is 0 Å². The van der Waals surface area contributed by atoms with Crippen molar-refractivity contribution in [1.29, 1.82) is 0 Å². The molecule has 3 nitrogen and oxygen atoms in total. The minimum Gasteiger partial charge on any atom is -0.396 e. The number of hydrogen-bond donors (Lipinski definition) is 2. The first-order valence-corrected chi connectivity index (χ1v) is 7.29. The average molecular weight is 402 g/mol. The van der Waals surface area contributed by atoms with Crippen molar-refractivity contribution < 1.29 is 9.18 Å². The Balaban J connectivity index is 2.30. The maximum Gasteiger partial charge on any atom is 0.255 e. The van der Waals surface area contributed by atoms with Crippen molar-refractivity contribution in [2.45, 2.75) is 6.92 Å². The molecule has 0 saturated heterocycles. The van der Waals surface area contributed by atoms with Crippen molar-refractivity contribution in [1.82, 2.24) is 0 Å². The zero-order valence-electron chi connectivity index (χ0n) is 10.5. The van der Waals surface area contributed by atoms with E-state index in [1.54, 1.807) is 0 Å². The lowest BCUT2D eigenvalue weighted by molar-refractivity contribution is 0.102. The monoisotopic (exact) mass is 400 g/mol. The van der Waals surface area contributed by atoms with Crippen molar-refractivity contribution in [3.63, 3.8) is 0 Å². The van der Waals surface area contributed by atoms with Crippen molar-refractivity contribution >= 4 is 49.1 Å². The molecular formula is C14H11Br2FN2O. The summed E-state index contributed by atoms with van der Waals surface area (Å²) in [5.74, 6) is -1.02. The van der Waals surface area contributed by atoms with Crippen LogP contribution in [0.25, 0.3) is 0 Å². The third kappa shape index (κ3) is 3.19. The van der Waals surface area contributed by atoms with Crippen LogP contribution in [0.3, 0.4) is 0 Å². The number of aryl methyl sites for hydroxylation is 1. The lowest BCUT2D eigenvalue weighted by Crippen LogP contribution is -2.13. The van der Waals surface area contributed by atoms with E-state index in [0.29, 0.717) is 5.69 Å². The molecule has 0 heterocycles. The van der Waals surface area contributed by atoms with Crippen LogP contribution in [-0.2, 0) is 0 Å². The molecule has 0 aliphatic carbocycles. The molecule has 0 fully saturated rings. The quantitative estimate of drug-likeness (QED) is 0.728. The highest BCUT2D eigenvalue weighted by Crippen LogP contribution is 2.32. The van der Waals surface area contributed by atoms with E-state index >= 15 is 0 Å². The largest absolute Gasteiger partial charge is 0.396 e. The molecule has 3 N–H and O–H groups in total. The van der Waals surface area contributed by atoms with E-state index in [4.69, 9.17) is 5.73 Å². The third-order valence-corrected chi connectivity index (χ3v) is 3.94. The van der Waals surface area contributed by atoms with E-state index in [0.717, 1.165) is 20.6 Å². The highest BCUT2D eigenvalue weighted by Gasteiger charge is 2.13. The average Bonchev–Trinajstić information content (AvgIpc) is 2.36. The van der Waals surface area contributed by atoms with Crippen LogP contribution in [0, 0.1) is 12.7 Å². The van der Waals surface area contributed by atoms with Gasteiger partial charge >= 0.3 is 0 Å². The van der Waals surface area contributed by atoms with Gasteiger partial charge in [0.25, 0.3) is 5.91 Å². The van der Waals surface area contributed by atoms with Gasteiger partial charge in [0.2, 0.25) is 0 Å². The van der Waals surface area contributed by atoms with Gasteiger partial charge in [-0.05, 0) is 74.7 Å². The number of nitrogens with one attached hydrogen (secondary N) is 1. The van der Waals surface area contributed by atoms with Crippen molar-refractivity contribution in [3.05, 3.63) is 56.2 Å². The van der Waals surface area contributed by atoms with Gasteiger partial charge in [-0.3, -0.25) is 4.79 Å². The van der Waals surface area contributed by atoms with Crippen LogP contribution in [0.15, 0.2) is 39.3 Å². The van der Waals surface area contributed by atoms with Crippen LogP contribution >= 0.6 is 31.9 Å². The van der Waals surface area contributed by atoms with E-state index < -0.39 is 11.7 Å². The van der Waals surface area contributed by atoms with E-state index in [9.17, 15) is 9.18 Å². The van der Waals surface area contributed by atoms with Gasteiger partial charge in [-0.2, -0.15) is 0 Å². The standard InChI is InChI=1S/C14H11Br2FN2O/c1-7-4-9(15)13(10(16)5-7)19-14(20)8-2-3-12(18)11(17)6-8/h2-6H,18H2,1H3,(H,19,20). The molecule has 2 aromatic rings. The molecule has 2 aromatic carbocycles. The molecule has 1 amide bonds. The van der Waals surface area contributed by atoms with Gasteiger partial charge in [0, 0.05) is 14.5 Å². The Labute approximate surface area is 132 Å². The van der Waals surface area contributed by atoms with E-state index in [-0.39, 0.29) is 11.3 Å². The van der Waals surface area contributed by atoms with Crippen molar-refractivity contribution in [2.75, 3.05) is 11.1 Å². The highest BCUT2D eigenvalue weighted by atomic mass is 79.9. The zero-order valence-corrected chi connectivity index (χ0v) is 13.7. The number of carbonyl (C=O) groups excluding carboxylic acids is 1. The molecule has 0 unspecified atom stereocenters. The highest BCUT2D eigenvalue weighted by molar-refractivity contribution is 9.11. The van der Waals surface area contributed by atoms with Gasteiger partial charge in [0.1, 0.15) is 5.82 Å². The molecule has 0 saturated carbocycles. The lowest BCUT2D eigenvalue weighted by atomic mass is 10.1. The van der Waals surface area contributed by atoms with Crippen molar-refractivity contribution in [2.24, 2.45) is 0 Å². The lowest BCUT2D eigenvalue weighted by Gasteiger charge is -2.11. The number of carbonyl (C=O) groups is 1. The van der Waals surface area contributed by atoms with Crippen molar-refractivity contribution in [3.8, 4) is 0 Å². The van der Waals surface area contributed by atoms with Gasteiger partial charge in [0.05, 0.1) is 11.4 Å². The summed E-state index contributed by atoms with van der Waals surface area (Å²) < 4.78 is 14.9. The Morgan fingerprint density at radius 1 is 1.20 bits per heavy atom. The number of rotatable bonds is 2. The summed E-state index contributed by atoms with van der Waals surface area (Å²) in [6.45, 7) is 1.94. The van der Waals surface area contributed by atoms with Crippen LogP contribution in [0.4, 0.5) is 15.8 Å². The van der Waals surface area contributed by atoms with Gasteiger partial charge in [-0.15, -0.1) is 0 Å². The maximum absolute atomic E-state index is 13.4. The van der Waals surface area contributed by atoms with Gasteiger partial charge in [-0.25, -0.2) is 4.39 Å². The molecule has 0 atom stereocenters. The van der Waals surface area contributed by atoms with Crippen LogP contribution in [0.1, 0.15) is 15.9 Å². The molecule has 104 valence electrons. The Morgan fingerprint density at radius 2 is 1.80 bits per heavy atom. The summed E-state index contributed by atoms with van der Waals surface area (Å²) in [4.78, 5) is 12.1. The summed E-state index contributed by atoms with van der Waals surface area (Å²) in [7, 11) is 0. The molecule has 0 aromatic heterocycles. The summed E-state index contributed by atoms with van der Waals surface area (Å²) >= 11 is 6.77. The fourth-order valence-electron chi connectivity index (χ4n) is 1.67. The first kappa shape index (κ1) is 15.0. The van der Waals surface area contributed by atoms with E-state index in [2.05, 4.69) is 37.2 Å². The fraction of sp³-hybridized carbons (Fsp3) is 0.0714. The molecule has 0 aliphatic heterocycles. The first-order valence-electron chi connectivity index (χ1n) is 5.70. The number of nitrogens with two attached hydrogens (primary N) is 1. The number of amides is 1. The summed E-state index contributed by atoms with van der Waals surface area (Å²) in [5.41, 5.74) is 7.24. The van der Waals surface area contributed by atoms with Gasteiger partial charge < -0.3 is 11.1 Å². The molecule has 0 bridgehead atoms. The van der Waals surface area contributed by atoms with Crippen LogP contribution < -0.4 is 11.1 Å². The smallest absolute Gasteiger partial charge is 0.255 e. The van der Waals surface area contributed by atoms with E-state index in [1.165, 1.54) is 12.1 Å². The minimum atomic E-state index is -0.611. The van der Waals surface area contributed by atoms with Crippen LogP contribution in [0.5, 0.6) is 0 Å².